The predicted molar refractivity (Wildman–Crippen MR) is 74.2 cm³/mol. The summed E-state index contributed by atoms with van der Waals surface area (Å²) in [7, 11) is -2.06. The number of hydrogen-bond acceptors (Lipinski definition) is 3. The van der Waals surface area contributed by atoms with Gasteiger partial charge in [0.05, 0.1) is 0 Å². The smallest absolute Gasteiger partial charge is 0.310 e. The number of rotatable bonds is 6. The molecule has 0 saturated carbocycles. The fraction of sp³-hybridized carbons (Fsp3) is 0.846. The minimum absolute atomic E-state index is 0.00361. The lowest BCUT2D eigenvalue weighted by atomic mass is 10.0. The third-order valence-electron chi connectivity index (χ3n) is 3.48. The molecule has 0 aromatic carbocycles. The minimum atomic E-state index is -2.06. The van der Waals surface area contributed by atoms with Crippen LogP contribution in [0.15, 0.2) is 0 Å². The van der Waals surface area contributed by atoms with Gasteiger partial charge in [0.25, 0.3) is 0 Å². The Morgan fingerprint density at radius 2 is 1.67 bits per heavy atom. The Balaban J connectivity index is 4.95. The van der Waals surface area contributed by atoms with Gasteiger partial charge in [-0.3, -0.25) is 9.59 Å². The maximum Gasteiger partial charge on any atom is 0.310 e. The molecule has 0 spiro atoms. The van der Waals surface area contributed by atoms with Crippen molar-refractivity contribution in [3.05, 3.63) is 0 Å². The summed E-state index contributed by atoms with van der Waals surface area (Å²) < 4.78 is 6.05. The van der Waals surface area contributed by atoms with E-state index in [0.29, 0.717) is 0 Å². The normalized spacial score (nSPS) is 14.7. The minimum Gasteiger partial charge on any atom is -0.481 e. The van der Waals surface area contributed by atoms with Gasteiger partial charge in [-0.25, -0.2) is 0 Å². The van der Waals surface area contributed by atoms with Gasteiger partial charge in [-0.05, 0) is 24.1 Å². The second kappa shape index (κ2) is 5.97. The number of carbonyl (C=O) groups is 2. The van der Waals surface area contributed by atoms with E-state index in [2.05, 4.69) is 33.9 Å². The van der Waals surface area contributed by atoms with E-state index < -0.39 is 26.8 Å². The summed E-state index contributed by atoms with van der Waals surface area (Å²) >= 11 is 0. The Morgan fingerprint density at radius 1 is 1.22 bits per heavy atom. The zero-order chi connectivity index (χ0) is 14.7. The predicted octanol–water partition coefficient (Wildman–Crippen LogP) is 3.08. The van der Waals surface area contributed by atoms with Crippen LogP contribution in [-0.4, -0.2) is 31.3 Å². The van der Waals surface area contributed by atoms with Crippen molar-refractivity contribution in [2.75, 3.05) is 0 Å². The average Bonchev–Trinajstić information content (AvgIpc) is 2.10. The molecule has 0 aliphatic carbocycles. The van der Waals surface area contributed by atoms with E-state index in [-0.39, 0.29) is 16.7 Å². The van der Waals surface area contributed by atoms with Gasteiger partial charge in [0.2, 0.25) is 0 Å². The van der Waals surface area contributed by atoms with E-state index >= 15 is 0 Å². The van der Waals surface area contributed by atoms with E-state index in [1.807, 2.05) is 13.8 Å². The lowest BCUT2D eigenvalue weighted by molar-refractivity contribution is -0.142. The lowest BCUT2D eigenvalue weighted by Gasteiger charge is -2.39. The summed E-state index contributed by atoms with van der Waals surface area (Å²) in [6, 6.07) is 0. The second-order valence-corrected chi connectivity index (χ2v) is 11.3. The molecule has 18 heavy (non-hydrogen) atoms. The zero-order valence-electron chi connectivity index (χ0n) is 12.5. The Labute approximate surface area is 111 Å². The molecule has 0 rings (SSSR count). The summed E-state index contributed by atoms with van der Waals surface area (Å²) in [5.74, 6) is -1.43. The van der Waals surface area contributed by atoms with Gasteiger partial charge in [0.15, 0.2) is 14.1 Å². The molecule has 1 atom stereocenters. The quantitative estimate of drug-likeness (QED) is 0.597. The van der Waals surface area contributed by atoms with Crippen LogP contribution in [0.1, 0.15) is 41.0 Å². The molecule has 0 aliphatic rings. The first-order chi connectivity index (χ1) is 7.88. The van der Waals surface area contributed by atoms with Crippen molar-refractivity contribution in [2.24, 2.45) is 5.92 Å². The van der Waals surface area contributed by atoms with E-state index in [1.165, 1.54) is 0 Å². The average molecular weight is 274 g/mol. The highest BCUT2D eigenvalue weighted by molar-refractivity contribution is 6.74. The molecule has 5 heteroatoms. The van der Waals surface area contributed by atoms with Crippen LogP contribution in [0.5, 0.6) is 0 Å². The fourth-order valence-electron chi connectivity index (χ4n) is 1.32. The standard InChI is InChI=1S/C13H26O4Si/c1-9(2)12(10(14)8-11(15)16)17-18(6,7)13(3,4)5/h9,12H,8H2,1-7H3,(H,15,16). The van der Waals surface area contributed by atoms with Crippen molar-refractivity contribution >= 4 is 20.1 Å². The second-order valence-electron chi connectivity index (χ2n) is 6.58. The monoisotopic (exact) mass is 274 g/mol. The van der Waals surface area contributed by atoms with Crippen molar-refractivity contribution in [3.63, 3.8) is 0 Å². The fourth-order valence-corrected chi connectivity index (χ4v) is 2.71. The van der Waals surface area contributed by atoms with Crippen LogP contribution in [0.3, 0.4) is 0 Å². The van der Waals surface area contributed by atoms with E-state index in [1.54, 1.807) is 0 Å². The van der Waals surface area contributed by atoms with Gasteiger partial charge < -0.3 is 9.53 Å². The third kappa shape index (κ3) is 4.90. The van der Waals surface area contributed by atoms with Gasteiger partial charge in [-0.2, -0.15) is 0 Å². The van der Waals surface area contributed by atoms with Crippen LogP contribution < -0.4 is 0 Å². The summed E-state index contributed by atoms with van der Waals surface area (Å²) in [5, 5.41) is 8.71. The molecule has 0 aliphatic heterocycles. The number of Topliss-reactive ketones (excluding diaryl/α,β-unsaturated/α-hetero) is 1. The largest absolute Gasteiger partial charge is 0.481 e. The lowest BCUT2D eigenvalue weighted by Crippen LogP contribution is -2.47. The van der Waals surface area contributed by atoms with Crippen LogP contribution in [0, 0.1) is 5.92 Å². The van der Waals surface area contributed by atoms with Crippen LogP contribution in [-0.2, 0) is 14.0 Å². The number of carboxylic acid groups (broad SMARTS) is 1. The van der Waals surface area contributed by atoms with Gasteiger partial charge in [0.1, 0.15) is 12.5 Å². The van der Waals surface area contributed by atoms with Crippen molar-refractivity contribution in [1.82, 2.24) is 0 Å². The SMILES string of the molecule is CC(C)C(O[Si](C)(C)C(C)(C)C)C(=O)CC(=O)O. The summed E-state index contributed by atoms with van der Waals surface area (Å²) in [6.07, 6.45) is -1.07. The highest BCUT2D eigenvalue weighted by Gasteiger charge is 2.41. The number of hydrogen-bond donors (Lipinski definition) is 1. The maximum absolute atomic E-state index is 11.9. The Bertz CT molecular complexity index is 315. The Morgan fingerprint density at radius 3 is 1.94 bits per heavy atom. The van der Waals surface area contributed by atoms with E-state index in [4.69, 9.17) is 9.53 Å². The highest BCUT2D eigenvalue weighted by atomic mass is 28.4. The number of carboxylic acids is 1. The summed E-state index contributed by atoms with van der Waals surface area (Å²) in [6.45, 7) is 14.2. The van der Waals surface area contributed by atoms with Crippen molar-refractivity contribution in [2.45, 2.75) is 65.3 Å². The van der Waals surface area contributed by atoms with Crippen LogP contribution in [0.25, 0.3) is 0 Å². The highest BCUT2D eigenvalue weighted by Crippen LogP contribution is 2.38. The van der Waals surface area contributed by atoms with Crippen LogP contribution in [0.4, 0.5) is 0 Å². The molecule has 0 bridgehead atoms. The number of carbonyl (C=O) groups excluding carboxylic acids is 1. The molecular weight excluding hydrogens is 248 g/mol. The molecule has 1 N–H and O–H groups in total. The first kappa shape index (κ1) is 17.3. The molecule has 0 heterocycles. The van der Waals surface area contributed by atoms with Crippen molar-refractivity contribution < 1.29 is 19.1 Å². The molecule has 0 amide bonds. The van der Waals surface area contributed by atoms with Gasteiger partial charge >= 0.3 is 5.97 Å². The van der Waals surface area contributed by atoms with Crippen molar-refractivity contribution in [1.29, 1.82) is 0 Å². The molecule has 0 saturated heterocycles. The molecule has 0 fully saturated rings. The molecule has 0 aromatic rings. The molecule has 4 nitrogen and oxygen atoms in total. The topological polar surface area (TPSA) is 63.6 Å². The van der Waals surface area contributed by atoms with Gasteiger partial charge in [0, 0.05) is 0 Å². The maximum atomic E-state index is 11.9. The van der Waals surface area contributed by atoms with Crippen LogP contribution >= 0.6 is 0 Å². The molecule has 0 aromatic heterocycles. The first-order valence-electron chi connectivity index (χ1n) is 6.31. The van der Waals surface area contributed by atoms with Gasteiger partial charge in [-0.15, -0.1) is 0 Å². The molecule has 1 unspecified atom stereocenters. The number of ketones is 1. The molecular formula is C13H26O4Si. The Hall–Kier alpha value is -0.683. The molecule has 0 radical (unpaired) electrons. The third-order valence-corrected chi connectivity index (χ3v) is 7.93. The first-order valence-corrected chi connectivity index (χ1v) is 9.21. The van der Waals surface area contributed by atoms with Crippen LogP contribution in [0.2, 0.25) is 18.1 Å². The van der Waals surface area contributed by atoms with Crippen molar-refractivity contribution in [3.8, 4) is 0 Å². The number of aliphatic carboxylic acids is 1. The summed E-state index contributed by atoms with van der Waals surface area (Å²) in [5.41, 5.74) is 0. The molecule has 106 valence electrons. The van der Waals surface area contributed by atoms with Gasteiger partial charge in [-0.1, -0.05) is 34.6 Å². The Kier molecular flexibility index (Phi) is 5.75. The summed E-state index contributed by atoms with van der Waals surface area (Å²) in [4.78, 5) is 22.6. The zero-order valence-corrected chi connectivity index (χ0v) is 13.5. The van der Waals surface area contributed by atoms with E-state index in [0.717, 1.165) is 0 Å². The van der Waals surface area contributed by atoms with E-state index in [9.17, 15) is 9.59 Å².